The number of aryl methyl sites for hydroxylation is 1. The third-order valence-corrected chi connectivity index (χ3v) is 6.45. The summed E-state index contributed by atoms with van der Waals surface area (Å²) in [4.78, 5) is 13.5. The van der Waals surface area contributed by atoms with Gasteiger partial charge in [0, 0.05) is 31.8 Å². The fraction of sp³-hybridized carbons (Fsp3) is 0.400. The van der Waals surface area contributed by atoms with Crippen LogP contribution in [0.15, 0.2) is 47.4 Å². The van der Waals surface area contributed by atoms with Gasteiger partial charge >= 0.3 is 5.69 Å². The molecule has 2 N–H and O–H groups in total. The summed E-state index contributed by atoms with van der Waals surface area (Å²) in [5.41, 5.74) is 3.41. The van der Waals surface area contributed by atoms with Gasteiger partial charge < -0.3 is 0 Å². The third-order valence-electron chi connectivity index (χ3n) is 5.00. The molecular formula is C20H26N3O4S+. The average molecular weight is 405 g/mol. The van der Waals surface area contributed by atoms with Crippen LogP contribution in [0.3, 0.4) is 0 Å². The Morgan fingerprint density at radius 1 is 1.14 bits per heavy atom. The van der Waals surface area contributed by atoms with Gasteiger partial charge in [-0.1, -0.05) is 18.2 Å². The van der Waals surface area contributed by atoms with Crippen LogP contribution in [-0.2, 0) is 23.0 Å². The monoisotopic (exact) mass is 404 g/mol. The van der Waals surface area contributed by atoms with Gasteiger partial charge in [0.05, 0.1) is 9.80 Å². The molecule has 1 heterocycles. The third kappa shape index (κ3) is 5.15. The smallest absolute Gasteiger partial charge is 0.299 e. The molecule has 0 atom stereocenters. The summed E-state index contributed by atoms with van der Waals surface area (Å²) in [6.45, 7) is 4.79. The van der Waals surface area contributed by atoms with Crippen LogP contribution >= 0.6 is 0 Å². The van der Waals surface area contributed by atoms with Gasteiger partial charge in [-0.2, -0.15) is 0 Å². The lowest BCUT2D eigenvalue weighted by Crippen LogP contribution is -2.32. The maximum Gasteiger partial charge on any atom is 0.316 e. The molecule has 0 fully saturated rings. The molecule has 0 aromatic heterocycles. The Morgan fingerprint density at radius 3 is 2.71 bits per heavy atom. The van der Waals surface area contributed by atoms with E-state index in [0.717, 1.165) is 50.0 Å². The molecule has 0 bridgehead atoms. The standard InChI is InChI=1S/C20H26N3O4S/c1-16-5-4-6-20(13-16)28(26,27)21-10-2-3-11-22-12-9-17-7-8-19(23(24)25)14-18(17)15-22/h4-8,13-14,21H,2-3,9-12,15H2,1H3,(H,24,25)/q+1. The molecule has 2 aromatic carbocycles. The highest BCUT2D eigenvalue weighted by Crippen LogP contribution is 2.23. The summed E-state index contributed by atoms with van der Waals surface area (Å²) in [7, 11) is -3.46. The highest BCUT2D eigenvalue weighted by molar-refractivity contribution is 7.89. The predicted molar refractivity (Wildman–Crippen MR) is 106 cm³/mol. The molecule has 28 heavy (non-hydrogen) atoms. The summed E-state index contributed by atoms with van der Waals surface area (Å²) in [6, 6.07) is 12.1. The van der Waals surface area contributed by atoms with Crippen molar-refractivity contribution in [1.82, 2.24) is 9.62 Å². The van der Waals surface area contributed by atoms with Crippen LogP contribution < -0.4 is 4.72 Å². The summed E-state index contributed by atoms with van der Waals surface area (Å²) < 4.78 is 27.3. The van der Waals surface area contributed by atoms with E-state index < -0.39 is 10.0 Å². The molecule has 1 aliphatic heterocycles. The van der Waals surface area contributed by atoms with E-state index in [9.17, 15) is 13.3 Å². The first-order chi connectivity index (χ1) is 13.3. The van der Waals surface area contributed by atoms with E-state index in [1.54, 1.807) is 30.3 Å². The van der Waals surface area contributed by atoms with E-state index in [0.29, 0.717) is 11.4 Å². The number of hydrogen-bond donors (Lipinski definition) is 2. The Hall–Kier alpha value is -2.29. The van der Waals surface area contributed by atoms with Crippen molar-refractivity contribution in [2.24, 2.45) is 0 Å². The minimum Gasteiger partial charge on any atom is -0.299 e. The van der Waals surface area contributed by atoms with Gasteiger partial charge in [0.2, 0.25) is 10.0 Å². The van der Waals surface area contributed by atoms with Crippen LogP contribution in [0.4, 0.5) is 5.69 Å². The maximum atomic E-state index is 12.3. The lowest BCUT2D eigenvalue weighted by molar-refractivity contribution is -0.729. The Bertz CT molecular complexity index is 960. The van der Waals surface area contributed by atoms with E-state index in [2.05, 4.69) is 9.62 Å². The van der Waals surface area contributed by atoms with Gasteiger partial charge in [0.25, 0.3) is 4.92 Å². The second kappa shape index (κ2) is 8.81. The van der Waals surface area contributed by atoms with Crippen molar-refractivity contribution in [3.05, 3.63) is 64.1 Å². The predicted octanol–water partition coefficient (Wildman–Crippen LogP) is 2.91. The van der Waals surface area contributed by atoms with Gasteiger partial charge in [0.15, 0.2) is 0 Å². The lowest BCUT2D eigenvalue weighted by atomic mass is 9.99. The van der Waals surface area contributed by atoms with Crippen molar-refractivity contribution in [3.8, 4) is 0 Å². The number of unbranched alkanes of at least 4 members (excludes halogenated alkanes) is 1. The number of sulfonamides is 1. The number of nitrogens with zero attached hydrogens (tertiary/aromatic N) is 2. The maximum absolute atomic E-state index is 12.3. The molecule has 0 unspecified atom stereocenters. The van der Waals surface area contributed by atoms with E-state index in [1.807, 2.05) is 19.1 Å². The first kappa shape index (κ1) is 20.4. The highest BCUT2D eigenvalue weighted by Gasteiger charge is 2.20. The molecule has 0 spiro atoms. The molecule has 2 aromatic rings. The molecule has 1 aliphatic rings. The number of fused-ring (bicyclic) bond motifs is 1. The van der Waals surface area contributed by atoms with Crippen molar-refractivity contribution in [2.75, 3.05) is 19.6 Å². The number of nitrogens with one attached hydrogen (secondary N) is 1. The molecule has 0 saturated heterocycles. The average Bonchev–Trinajstić information content (AvgIpc) is 2.67. The van der Waals surface area contributed by atoms with Gasteiger partial charge in [-0.25, -0.2) is 18.3 Å². The minimum absolute atomic E-state index is 0.112. The van der Waals surface area contributed by atoms with Crippen LogP contribution in [-0.4, -0.2) is 43.1 Å². The van der Waals surface area contributed by atoms with Crippen molar-refractivity contribution >= 4 is 15.7 Å². The van der Waals surface area contributed by atoms with E-state index in [4.69, 9.17) is 5.21 Å². The molecule has 0 saturated carbocycles. The van der Waals surface area contributed by atoms with Crippen molar-refractivity contribution in [1.29, 1.82) is 0 Å². The molecule has 150 valence electrons. The first-order valence-corrected chi connectivity index (χ1v) is 10.9. The van der Waals surface area contributed by atoms with Crippen LogP contribution in [0.2, 0.25) is 0 Å². The van der Waals surface area contributed by atoms with Crippen LogP contribution in [0.1, 0.15) is 29.5 Å². The van der Waals surface area contributed by atoms with E-state index in [1.165, 1.54) is 5.56 Å². The summed E-state index contributed by atoms with van der Waals surface area (Å²) >= 11 is 0. The zero-order valence-electron chi connectivity index (χ0n) is 16.0. The zero-order valence-corrected chi connectivity index (χ0v) is 16.8. The Balaban J connectivity index is 1.45. The number of hydrogen-bond acceptors (Lipinski definition) is 4. The van der Waals surface area contributed by atoms with Crippen molar-refractivity contribution < 1.29 is 18.5 Å². The summed E-state index contributed by atoms with van der Waals surface area (Å²) in [5.74, 6) is 0. The topological polar surface area (TPSA) is 89.7 Å². The molecular weight excluding hydrogens is 378 g/mol. The van der Waals surface area contributed by atoms with Crippen molar-refractivity contribution in [2.45, 2.75) is 37.6 Å². The SMILES string of the molecule is Cc1cccc(S(=O)(=O)NCCCCN2CCc3ccc([N+](=O)O)cc3C2)c1. The number of rotatable bonds is 8. The fourth-order valence-corrected chi connectivity index (χ4v) is 4.62. The highest BCUT2D eigenvalue weighted by atomic mass is 32.2. The molecule has 3 rings (SSSR count). The van der Waals surface area contributed by atoms with Gasteiger partial charge in [-0.15, -0.1) is 0 Å². The van der Waals surface area contributed by atoms with Gasteiger partial charge in [-0.05, 0) is 61.6 Å². The van der Waals surface area contributed by atoms with E-state index in [-0.39, 0.29) is 10.6 Å². The molecule has 0 radical (unpaired) electrons. The summed E-state index contributed by atoms with van der Waals surface area (Å²) in [5, 5.41) is 9.06. The molecule has 0 amide bonds. The lowest BCUT2D eigenvalue weighted by Gasteiger charge is -2.28. The quantitative estimate of drug-likeness (QED) is 0.522. The molecule has 0 aliphatic carbocycles. The molecule has 7 nitrogen and oxygen atoms in total. The zero-order chi connectivity index (χ0) is 20.1. The summed E-state index contributed by atoms with van der Waals surface area (Å²) in [6.07, 6.45) is 2.53. The Morgan fingerprint density at radius 2 is 1.96 bits per heavy atom. The van der Waals surface area contributed by atoms with E-state index >= 15 is 0 Å². The van der Waals surface area contributed by atoms with Crippen LogP contribution in [0.25, 0.3) is 0 Å². The second-order valence-corrected chi connectivity index (χ2v) is 8.94. The second-order valence-electron chi connectivity index (χ2n) is 7.17. The van der Waals surface area contributed by atoms with Gasteiger partial charge in [-0.3, -0.25) is 4.90 Å². The normalized spacial score (nSPS) is 14.6. The van der Waals surface area contributed by atoms with Crippen LogP contribution in [0, 0.1) is 11.8 Å². The number of benzene rings is 2. The minimum atomic E-state index is -3.46. The van der Waals surface area contributed by atoms with Crippen molar-refractivity contribution in [3.63, 3.8) is 0 Å². The fourth-order valence-electron chi connectivity index (χ4n) is 3.44. The first-order valence-electron chi connectivity index (χ1n) is 9.42. The molecule has 8 heteroatoms. The van der Waals surface area contributed by atoms with Gasteiger partial charge in [0.1, 0.15) is 0 Å². The largest absolute Gasteiger partial charge is 0.316 e. The Kier molecular flexibility index (Phi) is 6.43. The van der Waals surface area contributed by atoms with Crippen LogP contribution in [0.5, 0.6) is 0 Å². The Labute approximate surface area is 165 Å².